The Morgan fingerprint density at radius 2 is 2.11 bits per heavy atom. The van der Waals surface area contributed by atoms with E-state index in [1.165, 1.54) is 23.6 Å². The maximum absolute atomic E-state index is 4.88. The Kier molecular flexibility index (Phi) is 4.44. The van der Waals surface area contributed by atoms with Crippen LogP contribution in [0.3, 0.4) is 0 Å². The van der Waals surface area contributed by atoms with Crippen LogP contribution in [0.5, 0.6) is 0 Å². The van der Waals surface area contributed by atoms with Crippen molar-refractivity contribution in [1.82, 2.24) is 14.9 Å². The maximum Gasteiger partial charge on any atom is 0.109 e. The van der Waals surface area contributed by atoms with Gasteiger partial charge in [0.05, 0.1) is 5.69 Å². The monoisotopic (exact) mass is 249 g/mol. The molecular weight excluding hydrogens is 222 g/mol. The molecule has 1 N–H and O–H groups in total. The average molecular weight is 249 g/mol. The van der Waals surface area contributed by atoms with Crippen molar-refractivity contribution in [1.29, 1.82) is 0 Å². The summed E-state index contributed by atoms with van der Waals surface area (Å²) in [6.07, 6.45) is 3.48. The zero-order valence-corrected chi connectivity index (χ0v) is 12.3. The number of hydrogen-bond acceptors (Lipinski definition) is 2. The van der Waals surface area contributed by atoms with Crippen LogP contribution in [0.1, 0.15) is 51.3 Å². The van der Waals surface area contributed by atoms with Gasteiger partial charge in [-0.1, -0.05) is 34.1 Å². The topological polar surface area (TPSA) is 29.9 Å². The lowest BCUT2D eigenvalue weighted by Gasteiger charge is -2.19. The zero-order chi connectivity index (χ0) is 13.1. The molecule has 1 aliphatic rings. The predicted octanol–water partition coefficient (Wildman–Crippen LogP) is 2.77. The van der Waals surface area contributed by atoms with E-state index >= 15 is 0 Å². The van der Waals surface area contributed by atoms with Gasteiger partial charge in [-0.25, -0.2) is 4.98 Å². The van der Waals surface area contributed by atoms with Crippen LogP contribution in [-0.4, -0.2) is 16.1 Å². The van der Waals surface area contributed by atoms with Gasteiger partial charge < -0.3 is 9.88 Å². The largest absolute Gasteiger partial charge is 0.331 e. The molecule has 0 spiro atoms. The number of hydrogen-bond donors (Lipinski definition) is 1. The molecule has 1 atom stereocenters. The summed E-state index contributed by atoms with van der Waals surface area (Å²) in [6.45, 7) is 12.4. The van der Waals surface area contributed by atoms with Gasteiger partial charge in [-0.2, -0.15) is 0 Å². The number of nitrogens with zero attached hydrogens (tertiary/aromatic N) is 2. The molecule has 1 aromatic heterocycles. The number of fused-ring (bicyclic) bond motifs is 1. The van der Waals surface area contributed by atoms with Crippen molar-refractivity contribution in [3.8, 4) is 0 Å². The molecule has 0 bridgehead atoms. The van der Waals surface area contributed by atoms with Crippen LogP contribution in [0.2, 0.25) is 0 Å². The fraction of sp³-hybridized carbons (Fsp3) is 0.800. The maximum atomic E-state index is 4.88. The van der Waals surface area contributed by atoms with E-state index in [2.05, 4.69) is 37.6 Å². The Morgan fingerprint density at radius 1 is 1.33 bits per heavy atom. The van der Waals surface area contributed by atoms with Gasteiger partial charge >= 0.3 is 0 Å². The van der Waals surface area contributed by atoms with Crippen LogP contribution in [0.4, 0.5) is 0 Å². The average Bonchev–Trinajstić information content (AvgIpc) is 2.66. The highest BCUT2D eigenvalue weighted by Crippen LogP contribution is 2.20. The molecule has 0 fully saturated rings. The molecule has 1 unspecified atom stereocenters. The summed E-state index contributed by atoms with van der Waals surface area (Å²) in [7, 11) is 0. The Morgan fingerprint density at radius 3 is 2.78 bits per heavy atom. The molecule has 3 heteroatoms. The van der Waals surface area contributed by atoms with E-state index in [0.717, 1.165) is 38.4 Å². The van der Waals surface area contributed by atoms with Crippen molar-refractivity contribution >= 4 is 0 Å². The van der Waals surface area contributed by atoms with E-state index in [0.29, 0.717) is 5.92 Å². The molecule has 0 saturated carbocycles. The Balaban J connectivity index is 2.29. The second-order valence-corrected chi connectivity index (χ2v) is 6.07. The van der Waals surface area contributed by atoms with Crippen molar-refractivity contribution in [2.24, 2.45) is 11.8 Å². The molecule has 2 rings (SSSR count). The van der Waals surface area contributed by atoms with Crippen LogP contribution in [0.15, 0.2) is 0 Å². The van der Waals surface area contributed by atoms with E-state index in [9.17, 15) is 0 Å². The van der Waals surface area contributed by atoms with Crippen molar-refractivity contribution in [2.45, 2.75) is 60.0 Å². The van der Waals surface area contributed by atoms with Gasteiger partial charge in [0, 0.05) is 38.2 Å². The first-order valence-electron chi connectivity index (χ1n) is 7.39. The molecule has 0 aliphatic carbocycles. The molecule has 3 nitrogen and oxygen atoms in total. The summed E-state index contributed by atoms with van der Waals surface area (Å²) in [4.78, 5) is 4.88. The highest BCUT2D eigenvalue weighted by atomic mass is 15.1. The molecule has 1 aliphatic heterocycles. The molecule has 2 heterocycles. The SMILES string of the molecule is CCC(C)Cn1c(CC(C)C)nc2c1CCNC2. The van der Waals surface area contributed by atoms with E-state index in [1.54, 1.807) is 0 Å². The van der Waals surface area contributed by atoms with Gasteiger partial charge in [-0.3, -0.25) is 0 Å². The third-order valence-corrected chi connectivity index (χ3v) is 3.85. The van der Waals surface area contributed by atoms with E-state index in [4.69, 9.17) is 4.98 Å². The number of aromatic nitrogens is 2. The zero-order valence-electron chi connectivity index (χ0n) is 12.3. The number of rotatable bonds is 5. The first kappa shape index (κ1) is 13.6. The summed E-state index contributed by atoms with van der Waals surface area (Å²) in [5.41, 5.74) is 2.78. The van der Waals surface area contributed by atoms with Crippen LogP contribution < -0.4 is 5.32 Å². The van der Waals surface area contributed by atoms with Crippen LogP contribution in [-0.2, 0) is 25.9 Å². The standard InChI is InChI=1S/C15H27N3/c1-5-12(4)10-18-14-6-7-16-9-13(14)17-15(18)8-11(2)3/h11-12,16H,5-10H2,1-4H3. The Hall–Kier alpha value is -0.830. The van der Waals surface area contributed by atoms with Crippen molar-refractivity contribution in [2.75, 3.05) is 6.54 Å². The van der Waals surface area contributed by atoms with Gasteiger partial charge in [-0.05, 0) is 11.8 Å². The first-order valence-corrected chi connectivity index (χ1v) is 7.39. The van der Waals surface area contributed by atoms with Crippen LogP contribution in [0, 0.1) is 11.8 Å². The lowest BCUT2D eigenvalue weighted by atomic mass is 10.1. The lowest BCUT2D eigenvalue weighted by Crippen LogP contribution is -2.25. The summed E-state index contributed by atoms with van der Waals surface area (Å²) < 4.78 is 2.52. The van der Waals surface area contributed by atoms with Crippen molar-refractivity contribution < 1.29 is 0 Å². The second-order valence-electron chi connectivity index (χ2n) is 6.07. The van der Waals surface area contributed by atoms with Crippen LogP contribution >= 0.6 is 0 Å². The Labute approximate surface area is 111 Å². The quantitative estimate of drug-likeness (QED) is 0.869. The van der Waals surface area contributed by atoms with Gasteiger partial charge in [-0.15, -0.1) is 0 Å². The minimum atomic E-state index is 0.678. The predicted molar refractivity (Wildman–Crippen MR) is 75.6 cm³/mol. The normalized spacial score (nSPS) is 16.9. The van der Waals surface area contributed by atoms with E-state index < -0.39 is 0 Å². The van der Waals surface area contributed by atoms with Crippen molar-refractivity contribution in [3.05, 3.63) is 17.2 Å². The molecule has 1 aromatic rings. The third kappa shape index (κ3) is 2.94. The van der Waals surface area contributed by atoms with Crippen LogP contribution in [0.25, 0.3) is 0 Å². The highest BCUT2D eigenvalue weighted by molar-refractivity contribution is 5.20. The molecule has 0 amide bonds. The van der Waals surface area contributed by atoms with Crippen molar-refractivity contribution in [3.63, 3.8) is 0 Å². The molecule has 0 saturated heterocycles. The van der Waals surface area contributed by atoms with Gasteiger partial charge in [0.1, 0.15) is 5.82 Å². The molecule has 102 valence electrons. The van der Waals surface area contributed by atoms with E-state index in [1.807, 2.05) is 0 Å². The lowest BCUT2D eigenvalue weighted by molar-refractivity contribution is 0.436. The summed E-state index contributed by atoms with van der Waals surface area (Å²) in [5.74, 6) is 2.72. The fourth-order valence-corrected chi connectivity index (χ4v) is 2.60. The van der Waals surface area contributed by atoms with Gasteiger partial charge in [0.2, 0.25) is 0 Å². The molecule has 0 radical (unpaired) electrons. The second kappa shape index (κ2) is 5.87. The fourth-order valence-electron chi connectivity index (χ4n) is 2.60. The smallest absolute Gasteiger partial charge is 0.109 e. The summed E-state index contributed by atoms with van der Waals surface area (Å²) in [5, 5.41) is 3.43. The number of nitrogens with one attached hydrogen (secondary N) is 1. The molecule has 18 heavy (non-hydrogen) atoms. The first-order chi connectivity index (χ1) is 8.61. The Bertz CT molecular complexity index is 393. The number of imidazole rings is 1. The molecular formula is C15H27N3. The minimum absolute atomic E-state index is 0.678. The van der Waals surface area contributed by atoms with Gasteiger partial charge in [0.15, 0.2) is 0 Å². The minimum Gasteiger partial charge on any atom is -0.331 e. The van der Waals surface area contributed by atoms with E-state index in [-0.39, 0.29) is 0 Å². The molecule has 0 aromatic carbocycles. The summed E-state index contributed by atoms with van der Waals surface area (Å²) >= 11 is 0. The van der Waals surface area contributed by atoms with Gasteiger partial charge in [0.25, 0.3) is 0 Å². The highest BCUT2D eigenvalue weighted by Gasteiger charge is 2.20. The summed E-state index contributed by atoms with van der Waals surface area (Å²) in [6, 6.07) is 0. The third-order valence-electron chi connectivity index (χ3n) is 3.85.